The number of nitrogens with two attached hydrogens (primary N) is 1. The minimum Gasteiger partial charge on any atom is -0.344 e. The third-order valence-electron chi connectivity index (χ3n) is 3.82. The maximum Gasteiger partial charge on any atom is 0.237 e. The van der Waals surface area contributed by atoms with E-state index >= 15 is 0 Å². The molecule has 0 unspecified atom stereocenters. The predicted molar refractivity (Wildman–Crippen MR) is 79.1 cm³/mol. The molecular formula is C15H19N5O. The molecular weight excluding hydrogens is 266 g/mol. The molecule has 21 heavy (non-hydrogen) atoms. The highest BCUT2D eigenvalue weighted by Gasteiger charge is 2.47. The number of aryl methyl sites for hydroxylation is 1. The monoisotopic (exact) mass is 285 g/mol. The Kier molecular flexibility index (Phi) is 3.25. The van der Waals surface area contributed by atoms with Gasteiger partial charge >= 0.3 is 0 Å². The van der Waals surface area contributed by atoms with Crippen LogP contribution in [0.2, 0.25) is 0 Å². The van der Waals surface area contributed by atoms with Crippen molar-refractivity contribution in [2.24, 2.45) is 12.8 Å². The highest BCUT2D eigenvalue weighted by molar-refractivity contribution is 5.82. The fraction of sp³-hybridized carbons (Fsp3) is 0.400. The molecule has 1 aliphatic rings. The molecule has 0 spiro atoms. The van der Waals surface area contributed by atoms with Gasteiger partial charge in [-0.15, -0.1) is 0 Å². The first-order chi connectivity index (χ1) is 10.00. The average Bonchev–Trinajstić information content (AvgIpc) is 3.12. The van der Waals surface area contributed by atoms with Crippen molar-refractivity contribution in [2.45, 2.75) is 31.3 Å². The van der Waals surface area contributed by atoms with Crippen LogP contribution in [0, 0.1) is 0 Å². The number of hydrogen-bond acceptors (Lipinski definition) is 4. The zero-order valence-corrected chi connectivity index (χ0v) is 12.2. The summed E-state index contributed by atoms with van der Waals surface area (Å²) in [5.41, 5.74) is 8.22. The van der Waals surface area contributed by atoms with Crippen molar-refractivity contribution in [1.82, 2.24) is 20.1 Å². The zero-order chi connectivity index (χ0) is 15.0. The molecule has 3 rings (SSSR count). The molecule has 1 aliphatic carbocycles. The first-order valence-corrected chi connectivity index (χ1v) is 7.03. The first kappa shape index (κ1) is 13.8. The maximum atomic E-state index is 11.8. The van der Waals surface area contributed by atoms with E-state index in [1.807, 2.05) is 37.8 Å². The fourth-order valence-electron chi connectivity index (χ4n) is 2.34. The van der Waals surface area contributed by atoms with Crippen LogP contribution in [0.3, 0.4) is 0 Å². The number of pyridine rings is 1. The van der Waals surface area contributed by atoms with E-state index in [2.05, 4.69) is 15.4 Å². The van der Waals surface area contributed by atoms with Crippen LogP contribution in [0.1, 0.15) is 25.5 Å². The molecule has 110 valence electrons. The molecule has 1 saturated carbocycles. The Balaban J connectivity index is 1.80. The van der Waals surface area contributed by atoms with Crippen molar-refractivity contribution in [3.63, 3.8) is 0 Å². The average molecular weight is 285 g/mol. The summed E-state index contributed by atoms with van der Waals surface area (Å²) in [4.78, 5) is 16.3. The van der Waals surface area contributed by atoms with E-state index < -0.39 is 6.04 Å². The highest BCUT2D eigenvalue weighted by atomic mass is 16.2. The lowest BCUT2D eigenvalue weighted by Gasteiger charge is -2.18. The van der Waals surface area contributed by atoms with Crippen molar-refractivity contribution >= 4 is 5.91 Å². The Hall–Kier alpha value is -2.21. The van der Waals surface area contributed by atoms with E-state index in [4.69, 9.17) is 5.73 Å². The molecule has 0 radical (unpaired) electrons. The summed E-state index contributed by atoms with van der Waals surface area (Å²) >= 11 is 0. The van der Waals surface area contributed by atoms with Gasteiger partial charge in [0, 0.05) is 30.6 Å². The summed E-state index contributed by atoms with van der Waals surface area (Å²) < 4.78 is 1.76. The predicted octanol–water partition coefficient (Wildman–Crippen LogP) is 0.935. The second-order valence-electron chi connectivity index (χ2n) is 5.69. The van der Waals surface area contributed by atoms with E-state index in [-0.39, 0.29) is 11.4 Å². The second-order valence-corrected chi connectivity index (χ2v) is 5.69. The lowest BCUT2D eigenvalue weighted by molar-refractivity contribution is -0.123. The van der Waals surface area contributed by atoms with Crippen LogP contribution < -0.4 is 11.1 Å². The Bertz CT molecular complexity index is 655. The van der Waals surface area contributed by atoms with Gasteiger partial charge in [-0.2, -0.15) is 5.10 Å². The van der Waals surface area contributed by atoms with Crippen LogP contribution in [0.15, 0.2) is 30.7 Å². The number of carbonyl (C=O) groups excluding carboxylic acids is 1. The first-order valence-electron chi connectivity index (χ1n) is 7.03. The van der Waals surface area contributed by atoms with Gasteiger partial charge < -0.3 is 11.1 Å². The summed E-state index contributed by atoms with van der Waals surface area (Å²) in [6.45, 7) is 1.68. The van der Waals surface area contributed by atoms with Gasteiger partial charge in [-0.1, -0.05) is 6.07 Å². The number of hydrogen-bond donors (Lipinski definition) is 2. The van der Waals surface area contributed by atoms with E-state index in [9.17, 15) is 4.79 Å². The molecule has 1 atom stereocenters. The van der Waals surface area contributed by atoms with Gasteiger partial charge in [-0.05, 0) is 25.8 Å². The lowest BCUT2D eigenvalue weighted by Crippen LogP contribution is -2.44. The standard InChI is InChI=1S/C15H19N5O/c1-10(16)14(21)19-15(5-6-15)13-4-3-11(7-17-13)12-8-18-20(2)9-12/h3-4,7-10H,5-6,16H2,1-2H3,(H,19,21)/t10-/m1/s1. The van der Waals surface area contributed by atoms with Crippen LogP contribution in [0.5, 0.6) is 0 Å². The highest BCUT2D eigenvalue weighted by Crippen LogP contribution is 2.44. The Morgan fingerprint density at radius 2 is 2.14 bits per heavy atom. The fourth-order valence-corrected chi connectivity index (χ4v) is 2.34. The Morgan fingerprint density at radius 1 is 1.38 bits per heavy atom. The smallest absolute Gasteiger partial charge is 0.237 e. The normalized spacial score (nSPS) is 17.3. The molecule has 0 aliphatic heterocycles. The Morgan fingerprint density at radius 3 is 2.62 bits per heavy atom. The summed E-state index contributed by atoms with van der Waals surface area (Å²) in [7, 11) is 1.88. The Labute approximate surface area is 123 Å². The maximum absolute atomic E-state index is 11.8. The molecule has 1 amide bonds. The van der Waals surface area contributed by atoms with Crippen molar-refractivity contribution in [3.8, 4) is 11.1 Å². The third-order valence-corrected chi connectivity index (χ3v) is 3.82. The van der Waals surface area contributed by atoms with E-state index in [1.54, 1.807) is 11.6 Å². The van der Waals surface area contributed by atoms with E-state index in [0.717, 1.165) is 29.7 Å². The van der Waals surface area contributed by atoms with Crippen LogP contribution in [0.25, 0.3) is 11.1 Å². The number of nitrogens with one attached hydrogen (secondary N) is 1. The van der Waals surface area contributed by atoms with Crippen LogP contribution in [-0.4, -0.2) is 26.7 Å². The van der Waals surface area contributed by atoms with Crippen LogP contribution >= 0.6 is 0 Å². The molecule has 3 N–H and O–H groups in total. The van der Waals surface area contributed by atoms with Gasteiger partial charge in [0.2, 0.25) is 5.91 Å². The molecule has 0 saturated heterocycles. The lowest BCUT2D eigenvalue weighted by atomic mass is 10.1. The van der Waals surface area contributed by atoms with Crippen LogP contribution in [0.4, 0.5) is 0 Å². The molecule has 0 aromatic carbocycles. The molecule has 1 fully saturated rings. The molecule has 6 nitrogen and oxygen atoms in total. The summed E-state index contributed by atoms with van der Waals surface area (Å²) in [5.74, 6) is -0.134. The van der Waals surface area contributed by atoms with Gasteiger partial charge in [0.15, 0.2) is 0 Å². The summed E-state index contributed by atoms with van der Waals surface area (Å²) in [5, 5.41) is 7.16. The van der Waals surface area contributed by atoms with E-state index in [1.165, 1.54) is 0 Å². The molecule has 2 aromatic rings. The zero-order valence-electron chi connectivity index (χ0n) is 12.2. The van der Waals surface area contributed by atoms with Gasteiger partial charge in [0.1, 0.15) is 0 Å². The topological polar surface area (TPSA) is 85.8 Å². The summed E-state index contributed by atoms with van der Waals surface area (Å²) in [6, 6.07) is 3.48. The van der Waals surface area contributed by atoms with Crippen molar-refractivity contribution in [3.05, 3.63) is 36.4 Å². The SMILES string of the molecule is C[C@@H](N)C(=O)NC1(c2ccc(-c3cnn(C)c3)cn2)CC1. The molecule has 2 heterocycles. The van der Waals surface area contributed by atoms with Crippen molar-refractivity contribution in [1.29, 1.82) is 0 Å². The van der Waals surface area contributed by atoms with Crippen LogP contribution in [-0.2, 0) is 17.4 Å². The largest absolute Gasteiger partial charge is 0.344 e. The van der Waals surface area contributed by atoms with Gasteiger partial charge in [-0.3, -0.25) is 14.5 Å². The van der Waals surface area contributed by atoms with Gasteiger partial charge in [-0.25, -0.2) is 0 Å². The minimum absolute atomic E-state index is 0.134. The van der Waals surface area contributed by atoms with Gasteiger partial charge in [0.25, 0.3) is 0 Å². The van der Waals surface area contributed by atoms with Crippen molar-refractivity contribution < 1.29 is 4.79 Å². The number of nitrogens with zero attached hydrogens (tertiary/aromatic N) is 3. The molecule has 0 bridgehead atoms. The number of aromatic nitrogens is 3. The van der Waals surface area contributed by atoms with Crippen molar-refractivity contribution in [2.75, 3.05) is 0 Å². The van der Waals surface area contributed by atoms with E-state index in [0.29, 0.717) is 0 Å². The number of amides is 1. The molecule has 2 aromatic heterocycles. The number of carbonyl (C=O) groups is 1. The third kappa shape index (κ3) is 2.67. The second kappa shape index (κ2) is 4.96. The quantitative estimate of drug-likeness (QED) is 0.875. The number of rotatable bonds is 4. The van der Waals surface area contributed by atoms with Gasteiger partial charge in [0.05, 0.1) is 23.5 Å². The summed E-state index contributed by atoms with van der Waals surface area (Å²) in [6.07, 6.45) is 7.39. The molecule has 6 heteroatoms. The minimum atomic E-state index is -0.503.